The van der Waals surface area contributed by atoms with Crippen molar-refractivity contribution in [3.63, 3.8) is 0 Å². The van der Waals surface area contributed by atoms with E-state index >= 15 is 0 Å². The van der Waals surface area contributed by atoms with Gasteiger partial charge in [-0.25, -0.2) is 0 Å². The molecule has 0 rings (SSSR count). The lowest BCUT2D eigenvalue weighted by molar-refractivity contribution is 0.268. The van der Waals surface area contributed by atoms with E-state index in [2.05, 4.69) is 0 Å². The summed E-state index contributed by atoms with van der Waals surface area (Å²) in [6.45, 7) is 1.89. The van der Waals surface area contributed by atoms with Gasteiger partial charge in [0, 0.05) is 6.04 Å². The van der Waals surface area contributed by atoms with Crippen molar-refractivity contribution in [3.8, 4) is 0 Å². The molecule has 0 saturated heterocycles. The first-order valence-corrected chi connectivity index (χ1v) is 2.73. The molecule has 2 unspecified atom stereocenters. The highest BCUT2D eigenvalue weighted by atomic mass is 15.2. The molecule has 3 nitrogen and oxygen atoms in total. The molecular formula is C5H15N3. The van der Waals surface area contributed by atoms with E-state index in [1.165, 1.54) is 0 Å². The summed E-state index contributed by atoms with van der Waals surface area (Å²) in [5, 5.41) is 0. The van der Waals surface area contributed by atoms with Crippen molar-refractivity contribution in [2.75, 3.05) is 14.1 Å². The molecule has 0 aliphatic rings. The van der Waals surface area contributed by atoms with Gasteiger partial charge in [-0.2, -0.15) is 0 Å². The van der Waals surface area contributed by atoms with Gasteiger partial charge in [0.15, 0.2) is 0 Å². The number of hydrogen-bond acceptors (Lipinski definition) is 3. The van der Waals surface area contributed by atoms with Gasteiger partial charge in [-0.3, -0.25) is 4.90 Å². The molecule has 8 heavy (non-hydrogen) atoms. The van der Waals surface area contributed by atoms with Crippen LogP contribution < -0.4 is 11.5 Å². The topological polar surface area (TPSA) is 55.3 Å². The van der Waals surface area contributed by atoms with Gasteiger partial charge in [-0.15, -0.1) is 0 Å². The van der Waals surface area contributed by atoms with Gasteiger partial charge in [0.25, 0.3) is 0 Å². The minimum atomic E-state index is -0.0185. The van der Waals surface area contributed by atoms with E-state index < -0.39 is 0 Å². The van der Waals surface area contributed by atoms with Crippen molar-refractivity contribution < 1.29 is 0 Å². The normalized spacial score (nSPS) is 18.8. The molecule has 3 heteroatoms. The Morgan fingerprint density at radius 3 is 1.62 bits per heavy atom. The van der Waals surface area contributed by atoms with Crippen LogP contribution in [0.1, 0.15) is 6.92 Å². The van der Waals surface area contributed by atoms with Crippen LogP contribution in [0.4, 0.5) is 0 Å². The van der Waals surface area contributed by atoms with Gasteiger partial charge in [-0.05, 0) is 21.0 Å². The quantitative estimate of drug-likeness (QED) is 0.465. The Hall–Kier alpha value is -0.120. The molecule has 0 radical (unpaired) electrons. The van der Waals surface area contributed by atoms with E-state index in [-0.39, 0.29) is 12.2 Å². The van der Waals surface area contributed by atoms with Crippen molar-refractivity contribution in [3.05, 3.63) is 0 Å². The molecule has 0 aliphatic carbocycles. The average Bonchev–Trinajstić information content (AvgIpc) is 1.64. The molecule has 2 atom stereocenters. The third kappa shape index (κ3) is 2.26. The van der Waals surface area contributed by atoms with Gasteiger partial charge >= 0.3 is 0 Å². The smallest absolute Gasteiger partial charge is 0.0720 e. The van der Waals surface area contributed by atoms with Gasteiger partial charge < -0.3 is 11.5 Å². The first-order valence-electron chi connectivity index (χ1n) is 2.73. The standard InChI is InChI=1S/C5H15N3/c1-4(6)5(7)8(2)3/h4-5H,6-7H2,1-3H3. The van der Waals surface area contributed by atoms with Crippen LogP contribution in [-0.2, 0) is 0 Å². The Morgan fingerprint density at radius 2 is 1.62 bits per heavy atom. The predicted octanol–water partition coefficient (Wildman–Crippen LogP) is -0.820. The highest BCUT2D eigenvalue weighted by Gasteiger charge is 2.07. The van der Waals surface area contributed by atoms with Crippen molar-refractivity contribution >= 4 is 0 Å². The SMILES string of the molecule is CC(N)C(N)N(C)C. The van der Waals surface area contributed by atoms with Crippen LogP contribution in [0, 0.1) is 0 Å². The van der Waals surface area contributed by atoms with Crippen molar-refractivity contribution in [1.82, 2.24) is 4.90 Å². The summed E-state index contributed by atoms with van der Waals surface area (Å²) in [6, 6.07) is 0.0463. The maximum absolute atomic E-state index is 5.56. The Kier molecular flexibility index (Phi) is 2.97. The van der Waals surface area contributed by atoms with E-state index in [4.69, 9.17) is 11.5 Å². The van der Waals surface area contributed by atoms with Crippen LogP contribution in [0.5, 0.6) is 0 Å². The first kappa shape index (κ1) is 7.88. The molecule has 0 fully saturated rings. The van der Waals surface area contributed by atoms with Gasteiger partial charge in [0.05, 0.1) is 6.17 Å². The number of hydrogen-bond donors (Lipinski definition) is 2. The Morgan fingerprint density at radius 1 is 1.25 bits per heavy atom. The molecule has 0 aromatic carbocycles. The third-order valence-electron chi connectivity index (χ3n) is 1.13. The molecule has 0 aromatic rings. The van der Waals surface area contributed by atoms with E-state index in [1.54, 1.807) is 0 Å². The zero-order valence-electron chi connectivity index (χ0n) is 5.76. The fourth-order valence-corrected chi connectivity index (χ4v) is 0.470. The first-order chi connectivity index (χ1) is 3.55. The zero-order chi connectivity index (χ0) is 6.73. The molecule has 4 N–H and O–H groups in total. The maximum atomic E-state index is 5.56. The van der Waals surface area contributed by atoms with Crippen LogP contribution in [-0.4, -0.2) is 31.2 Å². The van der Waals surface area contributed by atoms with Gasteiger partial charge in [0.1, 0.15) is 0 Å². The number of nitrogens with zero attached hydrogens (tertiary/aromatic N) is 1. The lowest BCUT2D eigenvalue weighted by Gasteiger charge is -2.22. The van der Waals surface area contributed by atoms with Crippen LogP contribution >= 0.6 is 0 Å². The van der Waals surface area contributed by atoms with Crippen molar-refractivity contribution in [2.24, 2.45) is 11.5 Å². The summed E-state index contributed by atoms with van der Waals surface area (Å²) < 4.78 is 0. The zero-order valence-corrected chi connectivity index (χ0v) is 5.76. The number of likely N-dealkylation sites (N-methyl/N-ethyl adjacent to an activating group) is 1. The number of rotatable bonds is 2. The summed E-state index contributed by atoms with van der Waals surface area (Å²) in [5.74, 6) is 0. The predicted molar refractivity (Wildman–Crippen MR) is 35.3 cm³/mol. The second-order valence-corrected chi connectivity index (χ2v) is 2.31. The summed E-state index contributed by atoms with van der Waals surface area (Å²) >= 11 is 0. The fraction of sp³-hybridized carbons (Fsp3) is 1.00. The van der Waals surface area contributed by atoms with E-state index in [1.807, 2.05) is 25.9 Å². The highest BCUT2D eigenvalue weighted by molar-refractivity contribution is 4.67. The van der Waals surface area contributed by atoms with Gasteiger partial charge in [-0.1, -0.05) is 0 Å². The van der Waals surface area contributed by atoms with Crippen molar-refractivity contribution in [2.45, 2.75) is 19.1 Å². The summed E-state index contributed by atoms with van der Waals surface area (Å²) in [4.78, 5) is 1.89. The largest absolute Gasteiger partial charge is 0.325 e. The molecule has 0 bridgehead atoms. The minimum Gasteiger partial charge on any atom is -0.325 e. The summed E-state index contributed by atoms with van der Waals surface area (Å²) in [5.41, 5.74) is 11.0. The van der Waals surface area contributed by atoms with Crippen LogP contribution in [0.3, 0.4) is 0 Å². The summed E-state index contributed by atoms with van der Waals surface area (Å²) in [6.07, 6.45) is -0.0185. The molecule has 0 aliphatic heterocycles. The van der Waals surface area contributed by atoms with Crippen LogP contribution in [0.25, 0.3) is 0 Å². The monoisotopic (exact) mass is 117 g/mol. The van der Waals surface area contributed by atoms with E-state index in [0.29, 0.717) is 0 Å². The Labute approximate surface area is 50.6 Å². The Balaban J connectivity index is 3.46. The minimum absolute atomic E-state index is 0.0185. The molecular weight excluding hydrogens is 102 g/mol. The lowest BCUT2D eigenvalue weighted by atomic mass is 10.3. The maximum Gasteiger partial charge on any atom is 0.0720 e. The highest BCUT2D eigenvalue weighted by Crippen LogP contribution is 1.86. The second kappa shape index (κ2) is 3.02. The molecule has 0 amide bonds. The Bertz CT molecular complexity index is 52.7. The van der Waals surface area contributed by atoms with E-state index in [9.17, 15) is 0 Å². The molecule has 0 saturated carbocycles. The van der Waals surface area contributed by atoms with E-state index in [0.717, 1.165) is 0 Å². The number of nitrogens with two attached hydrogens (primary N) is 2. The molecule has 0 aromatic heterocycles. The molecule has 0 spiro atoms. The van der Waals surface area contributed by atoms with Gasteiger partial charge in [0.2, 0.25) is 0 Å². The van der Waals surface area contributed by atoms with Crippen LogP contribution in [0.15, 0.2) is 0 Å². The third-order valence-corrected chi connectivity index (χ3v) is 1.13. The lowest BCUT2D eigenvalue weighted by Crippen LogP contribution is -2.48. The fourth-order valence-electron chi connectivity index (χ4n) is 0.470. The second-order valence-electron chi connectivity index (χ2n) is 2.31. The van der Waals surface area contributed by atoms with Crippen molar-refractivity contribution in [1.29, 1.82) is 0 Å². The average molecular weight is 117 g/mol. The van der Waals surface area contributed by atoms with Crippen LogP contribution in [0.2, 0.25) is 0 Å². The summed E-state index contributed by atoms with van der Waals surface area (Å²) in [7, 11) is 3.82. The molecule has 0 heterocycles. The molecule has 50 valence electrons.